The van der Waals surface area contributed by atoms with E-state index in [-0.39, 0.29) is 32.1 Å². The predicted octanol–water partition coefficient (Wildman–Crippen LogP) is 8.38. The van der Waals surface area contributed by atoms with E-state index in [9.17, 15) is 57.9 Å². The summed E-state index contributed by atoms with van der Waals surface area (Å²) in [7, 11) is 0. The first-order valence-corrected chi connectivity index (χ1v) is 11.5. The Morgan fingerprint density at radius 1 is 0.750 bits per heavy atom. The second-order valence-electron chi connectivity index (χ2n) is 7.98. The van der Waals surface area contributed by atoms with E-state index in [0.29, 0.717) is 0 Å². The van der Waals surface area contributed by atoms with Crippen molar-refractivity contribution >= 4 is 46.1 Å². The van der Waals surface area contributed by atoms with Crippen molar-refractivity contribution in [2.45, 2.75) is 24.2 Å². The fourth-order valence-electron chi connectivity index (χ4n) is 3.43. The van der Waals surface area contributed by atoms with E-state index >= 15 is 0 Å². The van der Waals surface area contributed by atoms with Crippen molar-refractivity contribution in [2.75, 3.05) is 8.43 Å². The maximum atomic E-state index is 14.4. The normalized spacial score (nSPS) is 12.7. The number of amides is 2. The molecule has 1 N–H and O–H groups in total. The largest absolute Gasteiger partial charge is 0.435 e. The van der Waals surface area contributed by atoms with Gasteiger partial charge >= 0.3 is 24.2 Å². The number of benzene rings is 3. The number of alkyl halides is 10. The summed E-state index contributed by atoms with van der Waals surface area (Å²) in [5.41, 5.74) is -12.7. The van der Waals surface area contributed by atoms with Gasteiger partial charge in [0.1, 0.15) is 5.82 Å². The number of anilines is 2. The van der Waals surface area contributed by atoms with Gasteiger partial charge in [-0.1, -0.05) is 24.3 Å². The maximum absolute atomic E-state index is 14.4. The Morgan fingerprint density at radius 3 is 1.90 bits per heavy atom. The fraction of sp³-hybridized carbons (Fsp3) is 0.167. The van der Waals surface area contributed by atoms with E-state index in [2.05, 4.69) is 5.32 Å². The minimum Gasteiger partial charge on any atom is -0.322 e. The minimum atomic E-state index is -6.66. The Kier molecular flexibility index (Phi) is 8.44. The lowest BCUT2D eigenvalue weighted by Gasteiger charge is -2.31. The third kappa shape index (κ3) is 6.00. The summed E-state index contributed by atoms with van der Waals surface area (Å²) in [6, 6.07) is 8.61. The molecular formula is C24H12F11IN2O2. The average Bonchev–Trinajstić information content (AvgIpc) is 2.85. The minimum absolute atomic E-state index is 0.0954. The first kappa shape index (κ1) is 31.1. The Morgan fingerprint density at radius 2 is 1.35 bits per heavy atom. The molecule has 0 unspecified atom stereocenters. The van der Waals surface area contributed by atoms with Crippen LogP contribution in [0, 0.1) is 5.82 Å². The van der Waals surface area contributed by atoms with Gasteiger partial charge in [0.2, 0.25) is 0 Å². The molecule has 0 bridgehead atoms. The molecule has 0 aliphatic heterocycles. The summed E-state index contributed by atoms with van der Waals surface area (Å²) >= 11 is 1.03. The number of hydrogen-bond donors (Lipinski definition) is 1. The Balaban J connectivity index is 2.00. The molecule has 16 heteroatoms. The molecule has 40 heavy (non-hydrogen) atoms. The smallest absolute Gasteiger partial charge is 0.322 e. The van der Waals surface area contributed by atoms with E-state index < -0.39 is 64.7 Å². The maximum Gasteiger partial charge on any atom is 0.435 e. The predicted molar refractivity (Wildman–Crippen MR) is 128 cm³/mol. The van der Waals surface area contributed by atoms with Gasteiger partial charge in [-0.25, -0.2) is 11.9 Å². The lowest BCUT2D eigenvalue weighted by molar-refractivity contribution is -0.348. The molecule has 0 radical (unpaired) electrons. The summed E-state index contributed by atoms with van der Waals surface area (Å²) < 4.78 is 148. The SMILES string of the molecule is O=C(Nc1cccc(C(=O)N(I)c2ccc(C(F)(C(F)(F)F)C(F)(F)F)cc2C(F)(F)F)c1)c1ccccc1F. The van der Waals surface area contributed by atoms with Gasteiger partial charge in [0.05, 0.1) is 39.7 Å². The average molecular weight is 696 g/mol. The monoisotopic (exact) mass is 696 g/mol. The topological polar surface area (TPSA) is 49.4 Å². The van der Waals surface area contributed by atoms with E-state index in [1.54, 1.807) is 0 Å². The molecule has 0 heterocycles. The van der Waals surface area contributed by atoms with Crippen molar-refractivity contribution in [1.82, 2.24) is 0 Å². The first-order valence-electron chi connectivity index (χ1n) is 10.5. The standard InChI is InChI=1S/C24H12F11IN2O2/c25-17-7-2-1-6-15(17)19(39)37-14-5-3-4-12(10-14)20(40)38(36)18-9-8-13(11-16(18)22(27,28)29)21(26,23(30,31)32)24(33,34)35/h1-11H,(H,37,39). The van der Waals surface area contributed by atoms with Crippen LogP contribution in [-0.4, -0.2) is 24.2 Å². The number of carbonyl (C=O) groups is 2. The van der Waals surface area contributed by atoms with Crippen LogP contribution in [0.1, 0.15) is 31.8 Å². The molecule has 214 valence electrons. The van der Waals surface area contributed by atoms with E-state index in [0.717, 1.165) is 47.1 Å². The highest BCUT2D eigenvalue weighted by Crippen LogP contribution is 2.54. The number of carbonyl (C=O) groups excluding carboxylic acids is 2. The molecule has 0 aromatic heterocycles. The Hall–Kier alpha value is -3.44. The van der Waals surface area contributed by atoms with E-state index in [1.165, 1.54) is 24.3 Å². The summed E-state index contributed by atoms with van der Waals surface area (Å²) in [6.07, 6.45) is -18.9. The van der Waals surface area contributed by atoms with Crippen molar-refractivity contribution in [3.63, 3.8) is 0 Å². The lowest BCUT2D eigenvalue weighted by Crippen LogP contribution is -2.50. The molecule has 0 saturated heterocycles. The molecule has 0 spiro atoms. The fourth-order valence-corrected chi connectivity index (χ4v) is 4.13. The lowest BCUT2D eigenvalue weighted by atomic mass is 9.92. The third-order valence-electron chi connectivity index (χ3n) is 5.36. The molecule has 0 saturated carbocycles. The summed E-state index contributed by atoms with van der Waals surface area (Å²) in [5.74, 6) is -3.06. The van der Waals surface area contributed by atoms with Crippen LogP contribution >= 0.6 is 22.9 Å². The molecule has 4 nitrogen and oxygen atoms in total. The molecule has 0 aliphatic rings. The summed E-state index contributed by atoms with van der Waals surface area (Å²) in [5, 5.41) is 2.27. The highest BCUT2D eigenvalue weighted by molar-refractivity contribution is 14.1. The van der Waals surface area contributed by atoms with Crippen LogP contribution in [-0.2, 0) is 11.8 Å². The number of nitrogens with zero attached hydrogens (tertiary/aromatic N) is 1. The van der Waals surface area contributed by atoms with Crippen LogP contribution in [0.25, 0.3) is 0 Å². The zero-order valence-electron chi connectivity index (χ0n) is 19.2. The van der Waals surface area contributed by atoms with Crippen LogP contribution in [0.15, 0.2) is 66.7 Å². The summed E-state index contributed by atoms with van der Waals surface area (Å²) in [6.45, 7) is 0. The van der Waals surface area contributed by atoms with Gasteiger partial charge in [0, 0.05) is 16.8 Å². The van der Waals surface area contributed by atoms with Gasteiger partial charge in [0.25, 0.3) is 11.8 Å². The second kappa shape index (κ2) is 10.9. The third-order valence-corrected chi connectivity index (χ3v) is 6.31. The highest BCUT2D eigenvalue weighted by atomic mass is 127. The highest BCUT2D eigenvalue weighted by Gasteiger charge is 2.73. The molecule has 0 aliphatic carbocycles. The number of hydrogen-bond acceptors (Lipinski definition) is 2. The van der Waals surface area contributed by atoms with Crippen molar-refractivity contribution in [3.8, 4) is 0 Å². The first-order chi connectivity index (χ1) is 18.3. The van der Waals surface area contributed by atoms with Crippen molar-refractivity contribution in [3.05, 3.63) is 94.8 Å². The molecule has 0 fully saturated rings. The Labute approximate surface area is 231 Å². The molecule has 3 rings (SSSR count). The van der Waals surface area contributed by atoms with Gasteiger partial charge in [-0.2, -0.15) is 39.5 Å². The van der Waals surface area contributed by atoms with Crippen LogP contribution in [0.5, 0.6) is 0 Å². The van der Waals surface area contributed by atoms with Gasteiger partial charge in [-0.05, 0) is 42.5 Å². The molecule has 3 aromatic rings. The molecule has 0 atom stereocenters. The second-order valence-corrected chi connectivity index (χ2v) is 8.95. The van der Waals surface area contributed by atoms with Gasteiger partial charge < -0.3 is 5.32 Å². The quantitative estimate of drug-likeness (QED) is 0.166. The van der Waals surface area contributed by atoms with Crippen LogP contribution in [0.3, 0.4) is 0 Å². The molecule has 2 amide bonds. The number of nitrogens with one attached hydrogen (secondary N) is 1. The molecule has 3 aromatic carbocycles. The van der Waals surface area contributed by atoms with Gasteiger partial charge in [-0.15, -0.1) is 0 Å². The van der Waals surface area contributed by atoms with Crippen LogP contribution < -0.4 is 8.43 Å². The van der Waals surface area contributed by atoms with Crippen molar-refractivity contribution in [1.29, 1.82) is 0 Å². The van der Waals surface area contributed by atoms with E-state index in [1.807, 2.05) is 0 Å². The van der Waals surface area contributed by atoms with Gasteiger partial charge in [0.15, 0.2) is 0 Å². The number of halogens is 12. The summed E-state index contributed by atoms with van der Waals surface area (Å²) in [4.78, 5) is 25.2. The number of rotatable bonds is 5. The van der Waals surface area contributed by atoms with Crippen LogP contribution in [0.4, 0.5) is 59.7 Å². The molecular weight excluding hydrogens is 684 g/mol. The zero-order valence-corrected chi connectivity index (χ0v) is 21.3. The van der Waals surface area contributed by atoms with Crippen molar-refractivity contribution < 1.29 is 57.9 Å². The Bertz CT molecular complexity index is 1420. The zero-order chi connectivity index (χ0) is 30.3. The van der Waals surface area contributed by atoms with Crippen LogP contribution in [0.2, 0.25) is 0 Å². The van der Waals surface area contributed by atoms with Crippen molar-refractivity contribution in [2.24, 2.45) is 0 Å². The van der Waals surface area contributed by atoms with E-state index in [4.69, 9.17) is 0 Å². The van der Waals surface area contributed by atoms with Gasteiger partial charge in [-0.3, -0.25) is 9.59 Å².